The molecule has 0 spiro atoms. The maximum absolute atomic E-state index is 11.3. The minimum Gasteiger partial charge on any atom is -0.478 e. The molecule has 0 bridgehead atoms. The summed E-state index contributed by atoms with van der Waals surface area (Å²) in [6, 6.07) is 2.07. The summed E-state index contributed by atoms with van der Waals surface area (Å²) in [5.74, 6) is -1.31. The number of carboxylic acids is 1. The number of anilines is 1. The molecule has 0 aliphatic heterocycles. The van der Waals surface area contributed by atoms with Crippen molar-refractivity contribution in [2.45, 2.75) is 32.2 Å². The molecule has 8 heteroatoms. The second kappa shape index (κ2) is 6.73. The van der Waals surface area contributed by atoms with Gasteiger partial charge in [-0.25, -0.2) is 4.79 Å². The summed E-state index contributed by atoms with van der Waals surface area (Å²) in [4.78, 5) is 21.4. The van der Waals surface area contributed by atoms with Gasteiger partial charge in [0.05, 0.1) is 21.2 Å². The number of carbonyl (C=O) groups is 1. The molecule has 0 aromatic heterocycles. The van der Waals surface area contributed by atoms with E-state index in [4.69, 9.17) is 16.7 Å². The molecule has 0 radical (unpaired) electrons. The normalized spacial score (nSPS) is 13.5. The van der Waals surface area contributed by atoms with Crippen molar-refractivity contribution in [3.8, 4) is 0 Å². The summed E-state index contributed by atoms with van der Waals surface area (Å²) in [5.41, 5.74) is -1.11. The Bertz CT molecular complexity index is 564. The number of rotatable bonds is 7. The zero-order valence-corrected chi connectivity index (χ0v) is 12.5. The molecule has 7 nitrogen and oxygen atoms in total. The van der Waals surface area contributed by atoms with E-state index in [2.05, 4.69) is 5.32 Å². The van der Waals surface area contributed by atoms with Crippen molar-refractivity contribution in [1.82, 2.24) is 0 Å². The van der Waals surface area contributed by atoms with Gasteiger partial charge in [0.25, 0.3) is 5.69 Å². The van der Waals surface area contributed by atoms with Gasteiger partial charge >= 0.3 is 5.97 Å². The van der Waals surface area contributed by atoms with Crippen LogP contribution in [0.1, 0.15) is 37.0 Å². The molecule has 1 rings (SSSR count). The van der Waals surface area contributed by atoms with Crippen molar-refractivity contribution < 1.29 is 19.9 Å². The minimum absolute atomic E-state index is 0.0424. The Morgan fingerprint density at radius 2 is 2.14 bits per heavy atom. The van der Waals surface area contributed by atoms with E-state index in [0.29, 0.717) is 12.8 Å². The van der Waals surface area contributed by atoms with Gasteiger partial charge in [-0.2, -0.15) is 0 Å². The van der Waals surface area contributed by atoms with Crippen LogP contribution in [-0.4, -0.2) is 33.3 Å². The third-order valence-corrected chi connectivity index (χ3v) is 3.68. The summed E-state index contributed by atoms with van der Waals surface area (Å²) in [7, 11) is 0. The standard InChI is InChI=1S/C13H17ClN2O5/c1-3-13(2,4-5-17)15-11-9(12(18)19)6-8(16(20)21)7-10(11)14/h6-7,15,17H,3-5H2,1-2H3,(H,18,19). The average molecular weight is 317 g/mol. The van der Waals surface area contributed by atoms with Gasteiger partial charge in [-0.3, -0.25) is 10.1 Å². The number of halogens is 1. The first-order valence-electron chi connectivity index (χ1n) is 6.34. The Labute approximate surface area is 126 Å². The lowest BCUT2D eigenvalue weighted by Gasteiger charge is -2.31. The highest BCUT2D eigenvalue weighted by Crippen LogP contribution is 2.34. The zero-order valence-electron chi connectivity index (χ0n) is 11.7. The van der Waals surface area contributed by atoms with Crippen molar-refractivity contribution in [1.29, 1.82) is 0 Å². The number of aliphatic hydroxyl groups excluding tert-OH is 1. The molecule has 0 fully saturated rings. The number of benzene rings is 1. The van der Waals surface area contributed by atoms with Crippen LogP contribution in [0.4, 0.5) is 11.4 Å². The number of nitro groups is 1. The van der Waals surface area contributed by atoms with Gasteiger partial charge in [0.15, 0.2) is 0 Å². The van der Waals surface area contributed by atoms with E-state index in [1.54, 1.807) is 0 Å². The molecule has 0 saturated carbocycles. The molecular weight excluding hydrogens is 300 g/mol. The molecule has 0 heterocycles. The zero-order chi connectivity index (χ0) is 16.2. The van der Waals surface area contributed by atoms with Gasteiger partial charge < -0.3 is 15.5 Å². The number of nitrogens with one attached hydrogen (secondary N) is 1. The number of carboxylic acid groups (broad SMARTS) is 1. The molecule has 1 aromatic rings. The van der Waals surface area contributed by atoms with Gasteiger partial charge in [-0.05, 0) is 19.8 Å². The Balaban J connectivity index is 3.34. The van der Waals surface area contributed by atoms with E-state index < -0.39 is 16.4 Å². The monoisotopic (exact) mass is 316 g/mol. The highest BCUT2D eigenvalue weighted by atomic mass is 35.5. The predicted octanol–water partition coefficient (Wildman–Crippen LogP) is 2.91. The Morgan fingerprint density at radius 3 is 2.57 bits per heavy atom. The number of hydrogen-bond donors (Lipinski definition) is 3. The maximum atomic E-state index is 11.3. The van der Waals surface area contributed by atoms with E-state index in [1.165, 1.54) is 0 Å². The molecular formula is C13H17ClN2O5. The molecule has 1 atom stereocenters. The van der Waals surface area contributed by atoms with Crippen LogP contribution in [0.3, 0.4) is 0 Å². The van der Waals surface area contributed by atoms with Gasteiger partial charge in [0, 0.05) is 24.3 Å². The molecule has 1 unspecified atom stereocenters. The van der Waals surface area contributed by atoms with Crippen LogP contribution in [-0.2, 0) is 0 Å². The van der Waals surface area contributed by atoms with Crippen LogP contribution < -0.4 is 5.32 Å². The Hall–Kier alpha value is -1.86. The number of aliphatic hydroxyl groups is 1. The lowest BCUT2D eigenvalue weighted by atomic mass is 9.94. The van der Waals surface area contributed by atoms with Crippen LogP contribution >= 0.6 is 11.6 Å². The number of hydrogen-bond acceptors (Lipinski definition) is 5. The summed E-state index contributed by atoms with van der Waals surface area (Å²) in [6.07, 6.45) is 0.996. The topological polar surface area (TPSA) is 113 Å². The smallest absolute Gasteiger partial charge is 0.338 e. The minimum atomic E-state index is -1.31. The third-order valence-electron chi connectivity index (χ3n) is 3.39. The Kier molecular flexibility index (Phi) is 5.51. The molecule has 116 valence electrons. The molecule has 0 aliphatic rings. The first kappa shape index (κ1) is 17.2. The second-order valence-corrected chi connectivity index (χ2v) is 5.33. The van der Waals surface area contributed by atoms with E-state index >= 15 is 0 Å². The van der Waals surface area contributed by atoms with Crippen molar-refractivity contribution in [3.63, 3.8) is 0 Å². The van der Waals surface area contributed by atoms with Gasteiger partial charge in [-0.15, -0.1) is 0 Å². The van der Waals surface area contributed by atoms with Crippen LogP contribution in [0.15, 0.2) is 12.1 Å². The number of non-ortho nitro benzene ring substituents is 1. The lowest BCUT2D eigenvalue weighted by Crippen LogP contribution is -2.35. The van der Waals surface area contributed by atoms with Gasteiger partial charge in [0.1, 0.15) is 0 Å². The van der Waals surface area contributed by atoms with Crippen LogP contribution in [0.2, 0.25) is 5.02 Å². The van der Waals surface area contributed by atoms with E-state index in [1.807, 2.05) is 13.8 Å². The maximum Gasteiger partial charge on any atom is 0.338 e. The molecule has 3 N–H and O–H groups in total. The van der Waals surface area contributed by atoms with E-state index in [0.717, 1.165) is 12.1 Å². The van der Waals surface area contributed by atoms with Crippen molar-refractivity contribution in [2.75, 3.05) is 11.9 Å². The summed E-state index contributed by atoms with van der Waals surface area (Å²) >= 11 is 5.99. The number of aromatic carboxylic acids is 1. The summed E-state index contributed by atoms with van der Waals surface area (Å²) < 4.78 is 0. The molecule has 0 amide bonds. The van der Waals surface area contributed by atoms with Crippen molar-refractivity contribution >= 4 is 28.9 Å². The quantitative estimate of drug-likeness (QED) is 0.526. The SMILES string of the molecule is CCC(C)(CCO)Nc1c(Cl)cc([N+](=O)[O-])cc1C(=O)O. The fourth-order valence-electron chi connectivity index (χ4n) is 1.87. The van der Waals surface area contributed by atoms with Gasteiger partial charge in [0.2, 0.25) is 0 Å². The first-order chi connectivity index (χ1) is 9.74. The molecule has 0 aliphatic carbocycles. The predicted molar refractivity (Wildman–Crippen MR) is 79.1 cm³/mol. The van der Waals surface area contributed by atoms with Crippen LogP contribution in [0, 0.1) is 10.1 Å². The van der Waals surface area contributed by atoms with Crippen LogP contribution in [0.25, 0.3) is 0 Å². The van der Waals surface area contributed by atoms with Crippen LogP contribution in [0.5, 0.6) is 0 Å². The second-order valence-electron chi connectivity index (χ2n) is 4.93. The van der Waals surface area contributed by atoms with Crippen molar-refractivity contribution in [2.24, 2.45) is 0 Å². The molecule has 0 saturated heterocycles. The van der Waals surface area contributed by atoms with Crippen molar-refractivity contribution in [3.05, 3.63) is 32.8 Å². The van der Waals surface area contributed by atoms with E-state index in [-0.39, 0.29) is 28.6 Å². The molecule has 1 aromatic carbocycles. The third kappa shape index (κ3) is 4.05. The molecule has 21 heavy (non-hydrogen) atoms. The van der Waals surface area contributed by atoms with E-state index in [9.17, 15) is 20.0 Å². The van der Waals surface area contributed by atoms with Gasteiger partial charge in [-0.1, -0.05) is 18.5 Å². The highest BCUT2D eigenvalue weighted by Gasteiger charge is 2.27. The average Bonchev–Trinajstić information content (AvgIpc) is 2.40. The Morgan fingerprint density at radius 1 is 1.52 bits per heavy atom. The number of nitrogens with zero attached hydrogens (tertiary/aromatic N) is 1. The highest BCUT2D eigenvalue weighted by molar-refractivity contribution is 6.34. The fourth-order valence-corrected chi connectivity index (χ4v) is 2.13. The fraction of sp³-hybridized carbons (Fsp3) is 0.462. The summed E-state index contributed by atoms with van der Waals surface area (Å²) in [5, 5.41) is 32.1. The first-order valence-corrected chi connectivity index (χ1v) is 6.72. The summed E-state index contributed by atoms with van der Waals surface area (Å²) in [6.45, 7) is 3.61. The number of nitro benzene ring substituents is 1. The largest absolute Gasteiger partial charge is 0.478 e. The lowest BCUT2D eigenvalue weighted by molar-refractivity contribution is -0.384.